The van der Waals surface area contributed by atoms with Gasteiger partial charge in [0.15, 0.2) is 0 Å². The minimum atomic E-state index is -4.49. The quantitative estimate of drug-likeness (QED) is 0.124. The van der Waals surface area contributed by atoms with E-state index in [9.17, 15) is 26.3 Å². The molecule has 0 heterocycles. The minimum Gasteiger partial charge on any atom is -1.00 e. The van der Waals surface area contributed by atoms with Gasteiger partial charge < -0.3 is 24.8 Å². The summed E-state index contributed by atoms with van der Waals surface area (Å²) in [5.74, 6) is 0. The third-order valence-electron chi connectivity index (χ3n) is 9.64. The molecule has 57 heavy (non-hydrogen) atoms. The van der Waals surface area contributed by atoms with Crippen LogP contribution in [0.1, 0.15) is 131 Å². The molecule has 0 N–H and O–H groups in total. The van der Waals surface area contributed by atoms with E-state index in [0.29, 0.717) is 8.62 Å². The van der Waals surface area contributed by atoms with Crippen molar-refractivity contribution < 1.29 is 75.4 Å². The van der Waals surface area contributed by atoms with E-state index < -0.39 is 23.5 Å². The molecule has 0 saturated heterocycles. The Labute approximate surface area is 363 Å². The molecule has 0 bridgehead atoms. The van der Waals surface area contributed by atoms with E-state index in [2.05, 4.69) is 124 Å². The van der Waals surface area contributed by atoms with E-state index in [0.717, 1.165) is 54.9 Å². The van der Waals surface area contributed by atoms with Crippen molar-refractivity contribution in [2.75, 3.05) is 0 Å². The molecule has 1 aliphatic carbocycles. The Morgan fingerprint density at radius 2 is 1.12 bits per heavy atom. The normalized spacial score (nSPS) is 12.5. The Morgan fingerprint density at radius 3 is 1.56 bits per heavy atom. The molecule has 0 nitrogen and oxygen atoms in total. The second-order valence-corrected chi connectivity index (χ2v) is 18.6. The van der Waals surface area contributed by atoms with Gasteiger partial charge >= 0.3 is 137 Å². The van der Waals surface area contributed by atoms with E-state index in [1.165, 1.54) is 81.6 Å². The van der Waals surface area contributed by atoms with Gasteiger partial charge in [0, 0.05) is 0 Å². The van der Waals surface area contributed by atoms with Gasteiger partial charge in [-0.2, -0.15) is 47.0 Å². The van der Waals surface area contributed by atoms with Crippen LogP contribution in [0.25, 0.3) is 11.1 Å². The Morgan fingerprint density at radius 1 is 0.614 bits per heavy atom. The average Bonchev–Trinajstić information content (AvgIpc) is 3.72. The van der Waals surface area contributed by atoms with Crippen molar-refractivity contribution >= 4 is 3.21 Å². The smallest absolute Gasteiger partial charge is 1.00 e. The zero-order valence-corrected chi connectivity index (χ0v) is 38.4. The molecule has 0 saturated carbocycles. The maximum absolute atomic E-state index is 12.7. The van der Waals surface area contributed by atoms with Gasteiger partial charge in [-0.25, -0.2) is 6.07 Å². The van der Waals surface area contributed by atoms with Gasteiger partial charge in [0.1, 0.15) is 0 Å². The summed E-state index contributed by atoms with van der Waals surface area (Å²) in [4.78, 5) is 0. The first-order valence-electron chi connectivity index (χ1n) is 18.7. The molecule has 0 amide bonds. The summed E-state index contributed by atoms with van der Waals surface area (Å²) in [7, 11) is 0. The Balaban J connectivity index is 0.000000302. The van der Waals surface area contributed by atoms with Gasteiger partial charge in [0.25, 0.3) is 0 Å². The molecular formula is C48H52Cl2F6Zr-2. The number of rotatable bonds is 4. The van der Waals surface area contributed by atoms with Gasteiger partial charge in [0.05, 0.1) is 0 Å². The van der Waals surface area contributed by atoms with E-state index >= 15 is 0 Å². The van der Waals surface area contributed by atoms with Crippen LogP contribution in [0.4, 0.5) is 26.3 Å². The standard InChI is InChI=1S/C21H25.C15H8F6.C12H19.2ClH.Zr/c1-20(2,3)16-7-9-18-14(12-16)11-15-13-17(21(4,5)6)8-10-19(15)18;16-14(17,18)12-5-1-3-10(8-12)7-11-4-2-6-13(9-11)15(19,20)21;1-5-6-10-7-8-11(9-10)12(2,3)4;;;/h7-10,12H,11H2,1-6H3;1-6,8-9H;7-9H,5-6H2,1-4H3;2*1H;/q-1;;-1;;;+2/p-2. The molecule has 0 aliphatic heterocycles. The minimum absolute atomic E-state index is 0. The summed E-state index contributed by atoms with van der Waals surface area (Å²) in [6, 6.07) is 31.2. The summed E-state index contributed by atoms with van der Waals surface area (Å²) in [6.45, 7) is 22.6. The molecule has 0 atom stereocenters. The van der Waals surface area contributed by atoms with Crippen molar-refractivity contribution in [2.24, 2.45) is 0 Å². The van der Waals surface area contributed by atoms with Crippen LogP contribution in [0.2, 0.25) is 0 Å². The topological polar surface area (TPSA) is 0 Å². The number of alkyl halides is 6. The van der Waals surface area contributed by atoms with Crippen LogP contribution in [0.3, 0.4) is 0 Å². The Bertz CT molecular complexity index is 1980. The van der Waals surface area contributed by atoms with Gasteiger partial charge in [-0.15, -0.1) is 11.1 Å². The fourth-order valence-electron chi connectivity index (χ4n) is 6.30. The molecule has 5 aromatic carbocycles. The van der Waals surface area contributed by atoms with Crippen LogP contribution in [0.5, 0.6) is 0 Å². The maximum Gasteiger partial charge on any atom is -1.00 e. The predicted molar refractivity (Wildman–Crippen MR) is 212 cm³/mol. The van der Waals surface area contributed by atoms with Crippen LogP contribution >= 0.6 is 0 Å². The van der Waals surface area contributed by atoms with Crippen molar-refractivity contribution in [3.8, 4) is 11.1 Å². The van der Waals surface area contributed by atoms with Crippen molar-refractivity contribution in [3.63, 3.8) is 0 Å². The fraction of sp³-hybridized carbons (Fsp3) is 0.375. The summed E-state index contributed by atoms with van der Waals surface area (Å²) in [5.41, 5.74) is 10.9. The molecule has 1 aliphatic rings. The van der Waals surface area contributed by atoms with Crippen LogP contribution in [0, 0.1) is 6.07 Å². The van der Waals surface area contributed by atoms with Gasteiger partial charge in [-0.05, 0) is 28.4 Å². The third-order valence-corrected chi connectivity index (χ3v) is 11.1. The maximum atomic E-state index is 12.7. The Kier molecular flexibility index (Phi) is 17.2. The summed E-state index contributed by atoms with van der Waals surface area (Å²) >= 11 is 0.729. The van der Waals surface area contributed by atoms with E-state index in [4.69, 9.17) is 0 Å². The van der Waals surface area contributed by atoms with Gasteiger partial charge in [-0.1, -0.05) is 111 Å². The van der Waals surface area contributed by atoms with Crippen LogP contribution in [0.15, 0.2) is 97.1 Å². The van der Waals surface area contributed by atoms with E-state index in [1.807, 2.05) is 0 Å². The second kappa shape index (κ2) is 19.5. The first-order valence-corrected chi connectivity index (χ1v) is 19.9. The molecule has 6 rings (SSSR count). The number of halogens is 8. The zero-order valence-electron chi connectivity index (χ0n) is 34.4. The second-order valence-electron chi connectivity index (χ2n) is 17.4. The molecule has 9 heteroatoms. The molecule has 0 fully saturated rings. The predicted octanol–water partition coefficient (Wildman–Crippen LogP) is 8.16. The van der Waals surface area contributed by atoms with Crippen LogP contribution < -0.4 is 24.8 Å². The number of hydrogen-bond donors (Lipinski definition) is 0. The number of hydrogen-bond acceptors (Lipinski definition) is 0. The molecule has 5 aromatic rings. The number of aryl methyl sites for hydroxylation is 1. The zero-order chi connectivity index (χ0) is 41.1. The number of benzene rings is 4. The fourth-order valence-corrected chi connectivity index (χ4v) is 7.06. The van der Waals surface area contributed by atoms with Crippen molar-refractivity contribution in [1.29, 1.82) is 0 Å². The molecule has 0 unspecified atom stereocenters. The van der Waals surface area contributed by atoms with Crippen molar-refractivity contribution in [1.82, 2.24) is 0 Å². The summed E-state index contributed by atoms with van der Waals surface area (Å²) in [5, 5.41) is 0. The van der Waals surface area contributed by atoms with Gasteiger partial charge in [0.2, 0.25) is 0 Å². The first kappa shape index (κ1) is 50.3. The van der Waals surface area contributed by atoms with Crippen LogP contribution in [-0.2, 0) is 65.7 Å². The Hall–Kier alpha value is -2.86. The average molecular weight is 905 g/mol. The van der Waals surface area contributed by atoms with E-state index in [1.54, 1.807) is 0 Å². The molecular weight excluding hydrogens is 853 g/mol. The monoisotopic (exact) mass is 902 g/mol. The molecule has 306 valence electrons. The number of fused-ring (bicyclic) bond motifs is 3. The van der Waals surface area contributed by atoms with Gasteiger partial charge in [-0.3, -0.25) is 0 Å². The van der Waals surface area contributed by atoms with Crippen molar-refractivity contribution in [2.45, 2.75) is 117 Å². The van der Waals surface area contributed by atoms with Crippen molar-refractivity contribution in [3.05, 3.63) is 159 Å². The van der Waals surface area contributed by atoms with Crippen LogP contribution in [-0.4, -0.2) is 3.21 Å². The molecule has 0 spiro atoms. The molecule has 0 radical (unpaired) electrons. The third kappa shape index (κ3) is 13.6. The SMILES string of the molecule is CC(C)(C)c1[c-]c2c(cc1)-c1ccc(C(C)(C)C)cc1C2.CCCc1cc(C(C)(C)C)c[cH-]1.FC(F)(F)c1cccc([C](=[Zr+2])c2cccc(C(F)(F)F)c2)c1.[Cl-].[Cl-]. The summed E-state index contributed by atoms with van der Waals surface area (Å²) < 4.78 is 76.7. The first-order chi connectivity index (χ1) is 25.3. The largest absolute Gasteiger partial charge is 1.00 e. The summed E-state index contributed by atoms with van der Waals surface area (Å²) in [6.07, 6.45) is -5.48. The van der Waals surface area contributed by atoms with E-state index in [-0.39, 0.29) is 46.8 Å². The molecule has 0 aromatic heterocycles.